The number of benzene rings is 2. The van der Waals surface area contributed by atoms with Gasteiger partial charge in [-0.2, -0.15) is 13.2 Å². The number of pyridine rings is 1. The summed E-state index contributed by atoms with van der Waals surface area (Å²) in [6.07, 6.45) is 4.13. The molecule has 0 radical (unpaired) electrons. The molecule has 8 heteroatoms. The van der Waals surface area contributed by atoms with E-state index in [2.05, 4.69) is 38.7 Å². The molecule has 1 aliphatic carbocycles. The highest BCUT2D eigenvalue weighted by Gasteiger charge is 2.32. The molecule has 1 aliphatic heterocycles. The quantitative estimate of drug-likeness (QED) is 0.344. The fourth-order valence-electron chi connectivity index (χ4n) is 5.77. The van der Waals surface area contributed by atoms with Gasteiger partial charge in [-0.05, 0) is 84.8 Å². The van der Waals surface area contributed by atoms with Crippen molar-refractivity contribution in [3.05, 3.63) is 78.0 Å². The molecule has 0 unspecified atom stereocenters. The summed E-state index contributed by atoms with van der Waals surface area (Å²) in [5, 5.41) is 7.60. The summed E-state index contributed by atoms with van der Waals surface area (Å²) in [6.45, 7) is 2.16. The van der Waals surface area contributed by atoms with Crippen molar-refractivity contribution >= 4 is 11.5 Å². The topological polar surface area (TPSA) is 66.2 Å². The van der Waals surface area contributed by atoms with Crippen molar-refractivity contribution in [1.29, 1.82) is 0 Å². The van der Waals surface area contributed by atoms with Crippen molar-refractivity contribution in [2.75, 3.05) is 23.3 Å². The number of anilines is 2. The molecule has 0 spiro atoms. The zero-order valence-electron chi connectivity index (χ0n) is 21.6. The summed E-state index contributed by atoms with van der Waals surface area (Å²) in [5.41, 5.74) is 9.41. The van der Waals surface area contributed by atoms with E-state index in [1.54, 1.807) is 12.1 Å². The van der Waals surface area contributed by atoms with Crippen LogP contribution in [0.2, 0.25) is 0 Å². The molecule has 1 saturated heterocycles. The van der Waals surface area contributed by atoms with E-state index in [1.165, 1.54) is 25.0 Å². The van der Waals surface area contributed by atoms with Crippen molar-refractivity contribution < 1.29 is 13.2 Å². The minimum Gasteiger partial charge on any atom is -0.370 e. The number of halogens is 3. The maximum Gasteiger partial charge on any atom is 0.416 e. The molecule has 3 atom stereocenters. The minimum atomic E-state index is -4.31. The lowest BCUT2D eigenvalue weighted by Gasteiger charge is -2.40. The smallest absolute Gasteiger partial charge is 0.370 e. The molecule has 3 aromatic rings. The van der Waals surface area contributed by atoms with Crippen molar-refractivity contribution in [3.8, 4) is 11.1 Å². The van der Waals surface area contributed by atoms with Gasteiger partial charge in [-0.1, -0.05) is 31.0 Å². The largest absolute Gasteiger partial charge is 0.416 e. The number of piperidine rings is 1. The van der Waals surface area contributed by atoms with Gasteiger partial charge >= 0.3 is 6.18 Å². The standard InChI is InChI=1S/C30H36F3N5/c31-30(32,33)24-10-12-26(13-11-24)38-16-4-7-25(20-38)36-27-8-1-2-9-28(27)37-29-18-23(14-15-35-29)22-6-3-5-21(17-22)19-34/h3,5-6,10-15,17-18,25,27-28,36H,1-2,4,7-9,16,19-20,34H2,(H,35,37)/t25-,27+,28+/m0/s1. The minimum absolute atomic E-state index is 0.267. The van der Waals surface area contributed by atoms with Gasteiger partial charge in [0.15, 0.2) is 0 Å². The third-order valence-electron chi connectivity index (χ3n) is 7.79. The van der Waals surface area contributed by atoms with Crippen LogP contribution >= 0.6 is 0 Å². The zero-order chi connectivity index (χ0) is 26.5. The highest BCUT2D eigenvalue weighted by molar-refractivity contribution is 5.67. The zero-order valence-corrected chi connectivity index (χ0v) is 21.6. The SMILES string of the molecule is NCc1cccc(-c2ccnc(N[C@@H]3CCCC[C@H]3N[C@H]3CCCN(c4ccc(C(F)(F)F)cc4)C3)c2)c1. The lowest BCUT2D eigenvalue weighted by Crippen LogP contribution is -2.55. The normalized spacial score (nSPS) is 22.3. The number of rotatable bonds is 7. The van der Waals surface area contributed by atoms with Crippen LogP contribution < -0.4 is 21.3 Å². The molecular formula is C30H36F3N5. The summed E-state index contributed by atoms with van der Waals surface area (Å²) in [5.74, 6) is 0.870. The molecule has 2 aliphatic rings. The third kappa shape index (κ3) is 6.48. The van der Waals surface area contributed by atoms with Gasteiger partial charge in [-0.25, -0.2) is 4.98 Å². The monoisotopic (exact) mass is 523 g/mol. The molecule has 5 nitrogen and oxygen atoms in total. The summed E-state index contributed by atoms with van der Waals surface area (Å²) in [6, 6.07) is 18.8. The second-order valence-electron chi connectivity index (χ2n) is 10.5. The van der Waals surface area contributed by atoms with Crippen LogP contribution in [0.1, 0.15) is 49.7 Å². The van der Waals surface area contributed by atoms with E-state index in [0.29, 0.717) is 12.6 Å². The molecule has 38 heavy (non-hydrogen) atoms. The molecule has 202 valence electrons. The van der Waals surface area contributed by atoms with E-state index in [0.717, 1.165) is 67.0 Å². The van der Waals surface area contributed by atoms with Crippen LogP contribution in [0.4, 0.5) is 24.7 Å². The predicted octanol–water partition coefficient (Wildman–Crippen LogP) is 6.21. The number of nitrogens with one attached hydrogen (secondary N) is 2. The Morgan fingerprint density at radius 1 is 0.895 bits per heavy atom. The van der Waals surface area contributed by atoms with Crippen molar-refractivity contribution in [2.24, 2.45) is 5.73 Å². The van der Waals surface area contributed by atoms with Gasteiger partial charge in [-0.3, -0.25) is 0 Å². The molecule has 0 bridgehead atoms. The van der Waals surface area contributed by atoms with Gasteiger partial charge in [0.2, 0.25) is 0 Å². The Labute approximate surface area is 222 Å². The molecule has 0 amide bonds. The number of aromatic nitrogens is 1. The lowest BCUT2D eigenvalue weighted by atomic mass is 9.89. The number of hydrogen-bond donors (Lipinski definition) is 3. The summed E-state index contributed by atoms with van der Waals surface area (Å²) < 4.78 is 38.9. The molecule has 4 N–H and O–H groups in total. The van der Waals surface area contributed by atoms with Crippen molar-refractivity contribution in [1.82, 2.24) is 10.3 Å². The average Bonchev–Trinajstić information content (AvgIpc) is 2.94. The first-order chi connectivity index (χ1) is 18.4. The molecule has 1 aromatic heterocycles. The number of nitrogens with zero attached hydrogens (tertiary/aromatic N) is 2. The fraction of sp³-hybridized carbons (Fsp3) is 0.433. The number of alkyl halides is 3. The molecular weight excluding hydrogens is 487 g/mol. The van der Waals surface area contributed by atoms with Gasteiger partial charge in [0.05, 0.1) is 5.56 Å². The van der Waals surface area contributed by atoms with Crippen LogP contribution in [-0.4, -0.2) is 36.2 Å². The Morgan fingerprint density at radius 2 is 1.66 bits per heavy atom. The van der Waals surface area contributed by atoms with E-state index in [9.17, 15) is 13.2 Å². The van der Waals surface area contributed by atoms with E-state index < -0.39 is 11.7 Å². The highest BCUT2D eigenvalue weighted by Crippen LogP contribution is 2.32. The second kappa shape index (κ2) is 11.7. The van der Waals surface area contributed by atoms with Gasteiger partial charge in [-0.15, -0.1) is 0 Å². The summed E-state index contributed by atoms with van der Waals surface area (Å²) >= 11 is 0. The maximum atomic E-state index is 13.0. The van der Waals surface area contributed by atoms with Crippen LogP contribution in [0, 0.1) is 0 Å². The fourth-order valence-corrected chi connectivity index (χ4v) is 5.77. The van der Waals surface area contributed by atoms with Crippen LogP contribution in [0.3, 0.4) is 0 Å². The van der Waals surface area contributed by atoms with Crippen LogP contribution in [-0.2, 0) is 12.7 Å². The molecule has 2 heterocycles. The van der Waals surface area contributed by atoms with Crippen LogP contribution in [0.15, 0.2) is 66.9 Å². The first kappa shape index (κ1) is 26.5. The molecule has 1 saturated carbocycles. The first-order valence-corrected chi connectivity index (χ1v) is 13.6. The third-order valence-corrected chi connectivity index (χ3v) is 7.79. The van der Waals surface area contributed by atoms with E-state index >= 15 is 0 Å². The summed E-state index contributed by atoms with van der Waals surface area (Å²) in [7, 11) is 0. The van der Waals surface area contributed by atoms with Crippen molar-refractivity contribution in [2.45, 2.75) is 69.4 Å². The Morgan fingerprint density at radius 3 is 2.42 bits per heavy atom. The highest BCUT2D eigenvalue weighted by atomic mass is 19.4. The predicted molar refractivity (Wildman–Crippen MR) is 147 cm³/mol. The Hall–Kier alpha value is -3.10. The first-order valence-electron chi connectivity index (χ1n) is 13.6. The number of hydrogen-bond acceptors (Lipinski definition) is 5. The van der Waals surface area contributed by atoms with Gasteiger partial charge < -0.3 is 21.3 Å². The molecule has 5 rings (SSSR count). The summed E-state index contributed by atoms with van der Waals surface area (Å²) in [4.78, 5) is 6.81. The second-order valence-corrected chi connectivity index (χ2v) is 10.5. The Kier molecular flexibility index (Phi) is 8.19. The van der Waals surface area contributed by atoms with Crippen molar-refractivity contribution in [3.63, 3.8) is 0 Å². The van der Waals surface area contributed by atoms with Crippen LogP contribution in [0.25, 0.3) is 11.1 Å². The van der Waals surface area contributed by atoms with E-state index in [4.69, 9.17) is 5.73 Å². The van der Waals surface area contributed by atoms with Gasteiger partial charge in [0, 0.05) is 49.6 Å². The maximum absolute atomic E-state index is 13.0. The van der Waals surface area contributed by atoms with Crippen LogP contribution in [0.5, 0.6) is 0 Å². The number of nitrogens with two attached hydrogens (primary N) is 1. The average molecular weight is 524 g/mol. The molecule has 2 aromatic carbocycles. The van der Waals surface area contributed by atoms with Gasteiger partial charge in [0.25, 0.3) is 0 Å². The Balaban J connectivity index is 1.23. The van der Waals surface area contributed by atoms with Gasteiger partial charge in [0.1, 0.15) is 5.82 Å². The lowest BCUT2D eigenvalue weighted by molar-refractivity contribution is -0.137. The van der Waals surface area contributed by atoms with E-state index in [-0.39, 0.29) is 12.1 Å². The Bertz CT molecular complexity index is 1200. The molecule has 2 fully saturated rings. The van der Waals surface area contributed by atoms with E-state index in [1.807, 2.05) is 24.4 Å².